The number of morpholine rings is 1. The molecule has 1 saturated heterocycles. The van der Waals surface area contributed by atoms with Gasteiger partial charge in [-0.25, -0.2) is 8.42 Å². The Morgan fingerprint density at radius 3 is 2.48 bits per heavy atom. The summed E-state index contributed by atoms with van der Waals surface area (Å²) in [6, 6.07) is 12.5. The number of fused-ring (bicyclic) bond motifs is 1. The van der Waals surface area contributed by atoms with Gasteiger partial charge >= 0.3 is 0 Å². The molecule has 0 aliphatic carbocycles. The molecule has 0 spiro atoms. The van der Waals surface area contributed by atoms with Gasteiger partial charge in [0.15, 0.2) is 0 Å². The summed E-state index contributed by atoms with van der Waals surface area (Å²) in [7, 11) is -2.22. The lowest BCUT2D eigenvalue weighted by Crippen LogP contribution is -2.40. The van der Waals surface area contributed by atoms with Gasteiger partial charge in [0.25, 0.3) is 5.91 Å². The third kappa shape index (κ3) is 3.88. The molecular formula is C21H24N2O5S. The third-order valence-corrected chi connectivity index (χ3v) is 7.32. The largest absolute Gasteiger partial charge is 0.496 e. The molecular weight excluding hydrogens is 392 g/mol. The molecule has 0 unspecified atom stereocenters. The first-order chi connectivity index (χ1) is 14.0. The van der Waals surface area contributed by atoms with Crippen LogP contribution in [0.3, 0.4) is 0 Å². The van der Waals surface area contributed by atoms with E-state index < -0.39 is 10.0 Å². The SMILES string of the molecule is COc1ccc(S(=O)(=O)N2CCOCC2)cc1C(=O)N1CCc2ccccc2C1. The van der Waals surface area contributed by atoms with Crippen molar-refractivity contribution in [2.24, 2.45) is 0 Å². The molecule has 0 aromatic heterocycles. The fraction of sp³-hybridized carbons (Fsp3) is 0.381. The van der Waals surface area contributed by atoms with Gasteiger partial charge in [0.05, 0.1) is 30.8 Å². The van der Waals surface area contributed by atoms with Crippen molar-refractivity contribution >= 4 is 15.9 Å². The molecule has 0 saturated carbocycles. The van der Waals surface area contributed by atoms with Gasteiger partial charge in [0.2, 0.25) is 10.0 Å². The van der Waals surface area contributed by atoms with Crippen molar-refractivity contribution in [2.45, 2.75) is 17.9 Å². The number of methoxy groups -OCH3 is 1. The minimum Gasteiger partial charge on any atom is -0.496 e. The van der Waals surface area contributed by atoms with Gasteiger partial charge in [0, 0.05) is 26.2 Å². The normalized spacial score (nSPS) is 17.6. The molecule has 1 amide bonds. The molecule has 0 atom stereocenters. The molecule has 2 heterocycles. The van der Waals surface area contributed by atoms with Crippen LogP contribution in [0.5, 0.6) is 5.75 Å². The predicted molar refractivity (Wildman–Crippen MR) is 107 cm³/mol. The van der Waals surface area contributed by atoms with Crippen molar-refractivity contribution in [3.63, 3.8) is 0 Å². The Hall–Kier alpha value is -2.42. The Morgan fingerprint density at radius 2 is 1.76 bits per heavy atom. The Labute approximate surface area is 170 Å². The van der Waals surface area contributed by atoms with E-state index in [1.165, 1.54) is 29.1 Å². The Balaban J connectivity index is 1.64. The quantitative estimate of drug-likeness (QED) is 0.761. The van der Waals surface area contributed by atoms with Crippen LogP contribution in [0.2, 0.25) is 0 Å². The fourth-order valence-electron chi connectivity index (χ4n) is 3.79. The van der Waals surface area contributed by atoms with Crippen molar-refractivity contribution in [1.29, 1.82) is 0 Å². The lowest BCUT2D eigenvalue weighted by Gasteiger charge is -2.30. The van der Waals surface area contributed by atoms with Gasteiger partial charge in [-0.1, -0.05) is 24.3 Å². The molecule has 7 nitrogen and oxygen atoms in total. The molecule has 2 aromatic carbocycles. The average Bonchev–Trinajstić information content (AvgIpc) is 2.78. The van der Waals surface area contributed by atoms with Gasteiger partial charge in [-0.3, -0.25) is 4.79 Å². The van der Waals surface area contributed by atoms with Crippen LogP contribution in [-0.4, -0.2) is 63.5 Å². The Bertz CT molecular complexity index is 1020. The van der Waals surface area contributed by atoms with E-state index in [0.29, 0.717) is 45.1 Å². The lowest BCUT2D eigenvalue weighted by atomic mass is 9.99. The number of carbonyl (C=O) groups excluding carboxylic acids is 1. The van der Waals surface area contributed by atoms with Crippen LogP contribution in [0.15, 0.2) is 47.4 Å². The Kier molecular flexibility index (Phi) is 5.58. The maximum atomic E-state index is 13.3. The lowest BCUT2D eigenvalue weighted by molar-refractivity contribution is 0.0725. The first-order valence-corrected chi connectivity index (χ1v) is 11.1. The molecule has 154 valence electrons. The van der Waals surface area contributed by atoms with E-state index in [9.17, 15) is 13.2 Å². The van der Waals surface area contributed by atoms with E-state index in [2.05, 4.69) is 6.07 Å². The predicted octanol–water partition coefficient (Wildman–Crippen LogP) is 1.91. The number of benzene rings is 2. The van der Waals surface area contributed by atoms with Crippen LogP contribution in [0.1, 0.15) is 21.5 Å². The molecule has 2 aliphatic heterocycles. The van der Waals surface area contributed by atoms with Crippen molar-refractivity contribution < 1.29 is 22.7 Å². The highest BCUT2D eigenvalue weighted by Crippen LogP contribution is 2.28. The van der Waals surface area contributed by atoms with Gasteiger partial charge in [0.1, 0.15) is 5.75 Å². The second-order valence-corrected chi connectivity index (χ2v) is 9.06. The highest BCUT2D eigenvalue weighted by Gasteiger charge is 2.29. The van der Waals surface area contributed by atoms with Gasteiger partial charge in [-0.2, -0.15) is 4.31 Å². The summed E-state index contributed by atoms with van der Waals surface area (Å²) in [5.74, 6) is 0.144. The van der Waals surface area contributed by atoms with Gasteiger partial charge in [-0.15, -0.1) is 0 Å². The van der Waals surface area contributed by atoms with E-state index >= 15 is 0 Å². The van der Waals surface area contributed by atoms with Gasteiger partial charge < -0.3 is 14.4 Å². The zero-order valence-electron chi connectivity index (χ0n) is 16.3. The smallest absolute Gasteiger partial charge is 0.257 e. The first-order valence-electron chi connectivity index (χ1n) is 9.62. The second kappa shape index (κ2) is 8.14. The number of ether oxygens (including phenoxy) is 2. The zero-order chi connectivity index (χ0) is 20.4. The number of nitrogens with zero attached hydrogens (tertiary/aromatic N) is 2. The van der Waals surface area contributed by atoms with E-state index in [1.807, 2.05) is 18.2 Å². The molecule has 0 N–H and O–H groups in total. The van der Waals surface area contributed by atoms with Crippen LogP contribution in [0.4, 0.5) is 0 Å². The zero-order valence-corrected chi connectivity index (χ0v) is 17.2. The highest BCUT2D eigenvalue weighted by molar-refractivity contribution is 7.89. The second-order valence-electron chi connectivity index (χ2n) is 7.12. The highest BCUT2D eigenvalue weighted by atomic mass is 32.2. The van der Waals surface area contributed by atoms with Crippen LogP contribution in [0.25, 0.3) is 0 Å². The fourth-order valence-corrected chi connectivity index (χ4v) is 5.22. The van der Waals surface area contributed by atoms with Crippen LogP contribution < -0.4 is 4.74 Å². The maximum absolute atomic E-state index is 13.3. The summed E-state index contributed by atoms with van der Waals surface area (Å²) in [6.07, 6.45) is 0.774. The number of rotatable bonds is 4. The minimum atomic E-state index is -3.70. The summed E-state index contributed by atoms with van der Waals surface area (Å²) < 4.78 is 38.0. The molecule has 2 aromatic rings. The summed E-state index contributed by atoms with van der Waals surface area (Å²) in [4.78, 5) is 15.1. The molecule has 8 heteroatoms. The van der Waals surface area contributed by atoms with Crippen molar-refractivity contribution in [3.05, 3.63) is 59.2 Å². The molecule has 0 bridgehead atoms. The number of amides is 1. The summed E-state index contributed by atoms with van der Waals surface area (Å²) in [5.41, 5.74) is 2.62. The minimum absolute atomic E-state index is 0.0981. The third-order valence-electron chi connectivity index (χ3n) is 5.43. The van der Waals surface area contributed by atoms with Crippen molar-refractivity contribution in [3.8, 4) is 5.75 Å². The van der Waals surface area contributed by atoms with E-state index in [4.69, 9.17) is 9.47 Å². The number of sulfonamides is 1. The first kappa shape index (κ1) is 19.9. The standard InChI is InChI=1S/C21H24N2O5S/c1-27-20-7-6-18(29(25,26)23-10-12-28-13-11-23)14-19(20)21(24)22-9-8-16-4-2-3-5-17(16)15-22/h2-7,14H,8-13,15H2,1H3. The molecule has 2 aliphatic rings. The topological polar surface area (TPSA) is 76.1 Å². The number of carbonyl (C=O) groups is 1. The summed E-state index contributed by atoms with van der Waals surface area (Å²) >= 11 is 0. The summed E-state index contributed by atoms with van der Waals surface area (Å²) in [6.45, 7) is 2.43. The molecule has 1 fully saturated rings. The van der Waals surface area contributed by atoms with Crippen LogP contribution in [-0.2, 0) is 27.7 Å². The van der Waals surface area contributed by atoms with Crippen LogP contribution >= 0.6 is 0 Å². The van der Waals surface area contributed by atoms with E-state index in [-0.39, 0.29) is 16.4 Å². The van der Waals surface area contributed by atoms with Gasteiger partial charge in [-0.05, 0) is 35.7 Å². The number of hydrogen-bond acceptors (Lipinski definition) is 5. The molecule has 4 rings (SSSR count). The Morgan fingerprint density at radius 1 is 1.03 bits per heavy atom. The molecule has 0 radical (unpaired) electrons. The number of hydrogen-bond donors (Lipinski definition) is 0. The van der Waals surface area contributed by atoms with E-state index in [0.717, 1.165) is 12.0 Å². The summed E-state index contributed by atoms with van der Waals surface area (Å²) in [5, 5.41) is 0. The molecule has 29 heavy (non-hydrogen) atoms. The van der Waals surface area contributed by atoms with E-state index in [1.54, 1.807) is 11.0 Å². The average molecular weight is 416 g/mol. The van der Waals surface area contributed by atoms with Crippen molar-refractivity contribution in [1.82, 2.24) is 9.21 Å². The van der Waals surface area contributed by atoms with Crippen LogP contribution in [0, 0.1) is 0 Å². The monoisotopic (exact) mass is 416 g/mol. The maximum Gasteiger partial charge on any atom is 0.257 e. The van der Waals surface area contributed by atoms with Crippen molar-refractivity contribution in [2.75, 3.05) is 40.0 Å².